The first-order valence-corrected chi connectivity index (χ1v) is 33.7. The van der Waals surface area contributed by atoms with Gasteiger partial charge in [-0.3, -0.25) is 37.9 Å². The summed E-state index contributed by atoms with van der Waals surface area (Å²) in [7, 11) is -8.84. The van der Waals surface area contributed by atoms with Crippen LogP contribution >= 0.6 is 11.8 Å². The average molecular weight is 1140 g/mol. The second-order valence-corrected chi connectivity index (χ2v) is 24.6. The standard InChI is InChI=1S/C55H104N4O14S3/c1-4-7-10-13-16-19-20-21-22-25-26-29-32-35-51(61)58-49(55(65)59-48(54(64)57-41-43-76(69,70)71)38-39-50(60)56-40-42-75(66,67)68)46-74-45-47(73-53(63)37-34-31-28-24-18-15-12-9-6-3)44-72-52(62)36-33-30-27-23-17-14-11-8-5-2/h47-49H,4-46H2,1-3H3,(H,56,60)(H,57,64)(H,58,61)(H,59,65)(H,66,67,68)(H,69,70,71)/t47-,48+,49+/m1/s1. The van der Waals surface area contributed by atoms with E-state index in [1.807, 2.05) is 0 Å². The maximum absolute atomic E-state index is 14.1. The fourth-order valence-corrected chi connectivity index (χ4v) is 10.3. The van der Waals surface area contributed by atoms with Crippen LogP contribution in [0.4, 0.5) is 0 Å². The number of rotatable bonds is 54. The molecule has 0 heterocycles. The number of carbonyl (C=O) groups excluding carboxylic acids is 6. The molecule has 0 spiro atoms. The molecule has 0 aromatic carbocycles. The van der Waals surface area contributed by atoms with Gasteiger partial charge in [0, 0.05) is 50.3 Å². The van der Waals surface area contributed by atoms with Crippen LogP contribution in [0, 0.1) is 0 Å². The number of esters is 2. The minimum absolute atomic E-state index is 0.0674. The summed E-state index contributed by atoms with van der Waals surface area (Å²) >= 11 is 1.17. The molecule has 0 rings (SSSR count). The second-order valence-electron chi connectivity index (χ2n) is 20.4. The second kappa shape index (κ2) is 49.1. The third-order valence-corrected chi connectivity index (χ3v) is 15.7. The van der Waals surface area contributed by atoms with E-state index in [0.29, 0.717) is 19.3 Å². The summed E-state index contributed by atoms with van der Waals surface area (Å²) in [5.41, 5.74) is 0. The van der Waals surface area contributed by atoms with Gasteiger partial charge in [-0.2, -0.15) is 28.6 Å². The van der Waals surface area contributed by atoms with Gasteiger partial charge in [-0.25, -0.2) is 0 Å². The lowest BCUT2D eigenvalue weighted by atomic mass is 10.0. The number of hydrogen-bond acceptors (Lipinski definition) is 13. The molecule has 0 aromatic heterocycles. The Kier molecular flexibility index (Phi) is 47.1. The van der Waals surface area contributed by atoms with Crippen LogP contribution in [0.1, 0.15) is 252 Å². The highest BCUT2D eigenvalue weighted by atomic mass is 32.2. The minimum atomic E-state index is -4.47. The van der Waals surface area contributed by atoms with E-state index in [4.69, 9.17) is 14.0 Å². The highest BCUT2D eigenvalue weighted by Gasteiger charge is 2.29. The van der Waals surface area contributed by atoms with Crippen molar-refractivity contribution in [1.29, 1.82) is 0 Å². The van der Waals surface area contributed by atoms with Crippen LogP contribution in [-0.4, -0.2) is 122 Å². The van der Waals surface area contributed by atoms with E-state index in [1.54, 1.807) is 0 Å². The van der Waals surface area contributed by atoms with E-state index in [1.165, 1.54) is 121 Å². The van der Waals surface area contributed by atoms with Crippen molar-refractivity contribution in [1.82, 2.24) is 21.3 Å². The predicted octanol–water partition coefficient (Wildman–Crippen LogP) is 10.3. The molecular formula is C55H104N4O14S3. The molecule has 18 nitrogen and oxygen atoms in total. The first-order valence-electron chi connectivity index (χ1n) is 29.4. The molecule has 0 radical (unpaired) electrons. The number of amides is 4. The van der Waals surface area contributed by atoms with Crippen molar-refractivity contribution in [2.75, 3.05) is 42.7 Å². The van der Waals surface area contributed by atoms with Crippen LogP contribution in [0.25, 0.3) is 0 Å². The fourth-order valence-electron chi connectivity index (χ4n) is 8.50. The number of hydrogen-bond donors (Lipinski definition) is 6. The van der Waals surface area contributed by atoms with E-state index in [2.05, 4.69) is 42.0 Å². The van der Waals surface area contributed by atoms with Crippen LogP contribution in [0.3, 0.4) is 0 Å². The Hall–Kier alpha value is -3.01. The van der Waals surface area contributed by atoms with Gasteiger partial charge < -0.3 is 30.7 Å². The molecule has 0 aromatic rings. The SMILES string of the molecule is CCCCCCCCCCCCCCCC(=O)N[C@@H](CSC[C@@H](COC(=O)CCCCCCCCCCC)OC(=O)CCCCCCCCCCC)C(=O)N[C@@H](CCC(=O)NCCS(=O)(=O)O)C(=O)NCCS(=O)(=O)O. The van der Waals surface area contributed by atoms with Crippen LogP contribution in [0.2, 0.25) is 0 Å². The molecule has 0 saturated heterocycles. The van der Waals surface area contributed by atoms with Gasteiger partial charge in [-0.15, -0.1) is 0 Å². The van der Waals surface area contributed by atoms with Crippen molar-refractivity contribution in [3.63, 3.8) is 0 Å². The molecule has 0 aliphatic carbocycles. The van der Waals surface area contributed by atoms with Crippen molar-refractivity contribution >= 4 is 67.6 Å². The summed E-state index contributed by atoms with van der Waals surface area (Å²) in [6.07, 6.45) is 33.0. The summed E-state index contributed by atoms with van der Waals surface area (Å²) in [5, 5.41) is 9.97. The number of unbranched alkanes of at least 4 members (excludes halogenated alkanes) is 28. The summed E-state index contributed by atoms with van der Waals surface area (Å²) in [6, 6.07) is -2.70. The van der Waals surface area contributed by atoms with E-state index < -0.39 is 105 Å². The molecule has 0 aliphatic rings. The van der Waals surface area contributed by atoms with Gasteiger partial charge in [0.15, 0.2) is 0 Å². The third kappa shape index (κ3) is 49.3. The smallest absolute Gasteiger partial charge is 0.306 e. The molecule has 6 N–H and O–H groups in total. The van der Waals surface area contributed by atoms with Crippen molar-refractivity contribution in [2.24, 2.45) is 0 Å². The van der Waals surface area contributed by atoms with Crippen LogP contribution < -0.4 is 21.3 Å². The van der Waals surface area contributed by atoms with Gasteiger partial charge in [-0.1, -0.05) is 201 Å². The number of thioether (sulfide) groups is 1. The minimum Gasteiger partial charge on any atom is -0.462 e. The molecule has 76 heavy (non-hydrogen) atoms. The quantitative estimate of drug-likeness (QED) is 0.0188. The van der Waals surface area contributed by atoms with Crippen molar-refractivity contribution in [3.8, 4) is 0 Å². The summed E-state index contributed by atoms with van der Waals surface area (Å²) in [6.45, 7) is 5.44. The molecular weight excluding hydrogens is 1040 g/mol. The lowest BCUT2D eigenvalue weighted by Crippen LogP contribution is -2.55. The molecule has 0 unspecified atom stereocenters. The molecule has 0 bridgehead atoms. The largest absolute Gasteiger partial charge is 0.462 e. The zero-order chi connectivity index (χ0) is 56.6. The van der Waals surface area contributed by atoms with Gasteiger partial charge in [0.05, 0.1) is 11.5 Å². The van der Waals surface area contributed by atoms with E-state index >= 15 is 0 Å². The Morgan fingerprint density at radius 1 is 0.434 bits per heavy atom. The van der Waals surface area contributed by atoms with E-state index in [-0.39, 0.29) is 43.8 Å². The Balaban J connectivity index is 6.00. The monoisotopic (exact) mass is 1140 g/mol. The molecule has 0 aliphatic heterocycles. The molecule has 0 saturated carbocycles. The van der Waals surface area contributed by atoms with Crippen molar-refractivity contribution in [2.45, 2.75) is 270 Å². The highest BCUT2D eigenvalue weighted by molar-refractivity contribution is 7.99. The van der Waals surface area contributed by atoms with Gasteiger partial charge >= 0.3 is 11.9 Å². The zero-order valence-electron chi connectivity index (χ0n) is 47.2. The molecule has 21 heteroatoms. The topological polar surface area (TPSA) is 278 Å². The molecule has 0 fully saturated rings. The van der Waals surface area contributed by atoms with E-state index in [9.17, 15) is 50.2 Å². The van der Waals surface area contributed by atoms with Crippen LogP contribution in [-0.2, 0) is 58.5 Å². The van der Waals surface area contributed by atoms with Gasteiger partial charge in [0.25, 0.3) is 20.2 Å². The first-order chi connectivity index (χ1) is 36.4. The van der Waals surface area contributed by atoms with E-state index in [0.717, 1.165) is 70.6 Å². The van der Waals surface area contributed by atoms with Crippen LogP contribution in [0.5, 0.6) is 0 Å². The number of ether oxygens (including phenoxy) is 2. The lowest BCUT2D eigenvalue weighted by Gasteiger charge is -2.24. The number of nitrogens with one attached hydrogen (secondary N) is 4. The molecule has 3 atom stereocenters. The summed E-state index contributed by atoms with van der Waals surface area (Å²) in [5.74, 6) is -5.22. The maximum Gasteiger partial charge on any atom is 0.306 e. The summed E-state index contributed by atoms with van der Waals surface area (Å²) in [4.78, 5) is 79.5. The Morgan fingerprint density at radius 3 is 1.26 bits per heavy atom. The van der Waals surface area contributed by atoms with Gasteiger partial charge in [-0.05, 0) is 25.7 Å². The van der Waals surface area contributed by atoms with Gasteiger partial charge in [0.2, 0.25) is 23.6 Å². The fraction of sp³-hybridized carbons (Fsp3) is 0.891. The highest BCUT2D eigenvalue weighted by Crippen LogP contribution is 2.17. The molecule has 446 valence electrons. The Bertz CT molecular complexity index is 1760. The van der Waals surface area contributed by atoms with Crippen molar-refractivity contribution in [3.05, 3.63) is 0 Å². The van der Waals surface area contributed by atoms with Crippen molar-refractivity contribution < 1.29 is 64.2 Å². The van der Waals surface area contributed by atoms with Gasteiger partial charge in [0.1, 0.15) is 24.8 Å². The molecule has 4 amide bonds. The summed E-state index contributed by atoms with van der Waals surface area (Å²) < 4.78 is 74.8. The lowest BCUT2D eigenvalue weighted by molar-refractivity contribution is -0.157. The third-order valence-electron chi connectivity index (χ3n) is 13.1. The first kappa shape index (κ1) is 73.0. The Labute approximate surface area is 463 Å². The average Bonchev–Trinajstić information content (AvgIpc) is 3.35. The predicted molar refractivity (Wildman–Crippen MR) is 304 cm³/mol. The number of carbonyl (C=O) groups is 6. The van der Waals surface area contributed by atoms with Crippen LogP contribution in [0.15, 0.2) is 0 Å². The zero-order valence-corrected chi connectivity index (χ0v) is 49.6. The normalized spacial score (nSPS) is 12.9. The Morgan fingerprint density at radius 2 is 0.829 bits per heavy atom. The maximum atomic E-state index is 14.1.